The van der Waals surface area contributed by atoms with Crippen LogP contribution in [0.15, 0.2) is 60.7 Å². The van der Waals surface area contributed by atoms with Crippen LogP contribution in [-0.2, 0) is 0 Å². The van der Waals surface area contributed by atoms with E-state index in [1.807, 2.05) is 0 Å². The van der Waals surface area contributed by atoms with Gasteiger partial charge in [-0.25, -0.2) is 4.34 Å². The van der Waals surface area contributed by atoms with Crippen LogP contribution >= 0.6 is 7.21 Å². The molecule has 0 spiro atoms. The first-order valence-corrected chi connectivity index (χ1v) is 23.7. The molecule has 1 atom stereocenters. The van der Waals surface area contributed by atoms with Crippen LogP contribution in [0.2, 0.25) is 39.3 Å². The van der Waals surface area contributed by atoms with Crippen molar-refractivity contribution in [2.75, 3.05) is 0 Å². The van der Waals surface area contributed by atoms with E-state index < -0.39 is 31.1 Å². The Bertz CT molecular complexity index is 999. The van der Waals surface area contributed by atoms with Crippen molar-refractivity contribution < 1.29 is 3.99 Å². The Morgan fingerprint density at radius 2 is 1.12 bits per heavy atom. The van der Waals surface area contributed by atoms with Gasteiger partial charge in [0.25, 0.3) is 0 Å². The highest BCUT2D eigenvalue weighted by atomic mass is 31.2. The van der Waals surface area contributed by atoms with E-state index in [0.29, 0.717) is 0 Å². The molecular weight excluding hydrogens is 470 g/mol. The molecular formula is C26H46N3PSi3. The van der Waals surface area contributed by atoms with Crippen molar-refractivity contribution in [1.82, 2.24) is 4.34 Å². The fraction of sp³-hybridized carbons (Fsp3) is 0.538. The number of rotatable bonds is 5. The summed E-state index contributed by atoms with van der Waals surface area (Å²) in [6, 6.07) is 22.8. The minimum Gasteiger partial charge on any atom is -0.597 e. The van der Waals surface area contributed by atoms with Crippen molar-refractivity contribution in [2.45, 2.75) is 91.9 Å². The molecule has 0 aromatic heterocycles. The monoisotopic (exact) mass is 515 g/mol. The predicted molar refractivity (Wildman–Crippen MR) is 156 cm³/mol. The summed E-state index contributed by atoms with van der Waals surface area (Å²) in [6.07, 6.45) is 0. The Balaban J connectivity index is 2.69. The molecule has 0 bridgehead atoms. The van der Waals surface area contributed by atoms with Crippen LogP contribution in [0.4, 0.5) is 0 Å². The molecule has 182 valence electrons. The van der Waals surface area contributed by atoms with E-state index in [9.17, 15) is 0 Å². The van der Waals surface area contributed by atoms with Crippen LogP contribution in [0.25, 0.3) is 4.65 Å². The van der Waals surface area contributed by atoms with E-state index in [4.69, 9.17) is 4.65 Å². The summed E-state index contributed by atoms with van der Waals surface area (Å²) < 4.78 is 12.2. The van der Waals surface area contributed by atoms with Crippen molar-refractivity contribution in [1.29, 1.82) is 0 Å². The minimum atomic E-state index is -2.37. The zero-order chi connectivity index (χ0) is 25.1. The first kappa shape index (κ1) is 26.8. The van der Waals surface area contributed by atoms with Gasteiger partial charge in [0.15, 0.2) is 0 Å². The molecule has 0 amide bonds. The second-order valence-corrected chi connectivity index (χ2v) is 35.6. The van der Waals surface area contributed by atoms with Gasteiger partial charge in [0.1, 0.15) is 13.1 Å². The van der Waals surface area contributed by atoms with Crippen LogP contribution in [-0.4, -0.2) is 43.3 Å². The number of hydrogen-bond donors (Lipinski definition) is 0. The summed E-state index contributed by atoms with van der Waals surface area (Å²) >= 11 is 0. The van der Waals surface area contributed by atoms with E-state index in [2.05, 4.69) is 150 Å². The Kier molecular flexibility index (Phi) is 6.85. The fourth-order valence-corrected chi connectivity index (χ4v) is 44.8. The molecule has 0 N–H and O–H groups in total. The predicted octanol–water partition coefficient (Wildman–Crippen LogP) is 7.24. The molecule has 33 heavy (non-hydrogen) atoms. The van der Waals surface area contributed by atoms with Crippen molar-refractivity contribution >= 4 is 41.7 Å². The highest BCUT2D eigenvalue weighted by Crippen LogP contribution is 2.69. The molecule has 0 saturated carbocycles. The molecule has 0 fully saturated rings. The normalized spacial score (nSPS) is 22.2. The number of benzene rings is 2. The zero-order valence-electron chi connectivity index (χ0n) is 23.1. The van der Waals surface area contributed by atoms with Gasteiger partial charge in [0.05, 0.1) is 0 Å². The summed E-state index contributed by atoms with van der Waals surface area (Å²) in [6.45, 7) is 29.7. The smallest absolute Gasteiger partial charge is 0.318 e. The lowest BCUT2D eigenvalue weighted by Crippen LogP contribution is -2.87. The molecule has 0 aliphatic carbocycles. The molecule has 7 heteroatoms. The Hall–Kier alpha value is -0.759. The van der Waals surface area contributed by atoms with E-state index in [1.165, 1.54) is 10.6 Å². The number of nitrogens with zero attached hydrogens (tertiary/aromatic N) is 3. The van der Waals surface area contributed by atoms with Gasteiger partial charge in [0, 0.05) is 16.1 Å². The maximum Gasteiger partial charge on any atom is 0.318 e. The molecule has 0 unspecified atom stereocenters. The standard InChI is InChI=1S/C26H46N3PSi3/c1-25(2,3)28-30(23-19-15-13-16-20-23,24-21-17-14-18-22-24)29(26(4,5)6)33(28,32(10,11)12)27-31(7,8)9/h13-22H,1-12H3. The van der Waals surface area contributed by atoms with Crippen molar-refractivity contribution in [3.8, 4) is 0 Å². The first-order valence-electron chi connectivity index (χ1n) is 12.3. The lowest BCUT2D eigenvalue weighted by molar-refractivity contribution is -0.484. The van der Waals surface area contributed by atoms with Gasteiger partial charge < -0.3 is 8.64 Å². The average molecular weight is 516 g/mol. The third-order valence-corrected chi connectivity index (χ3v) is 32.0. The van der Waals surface area contributed by atoms with Crippen molar-refractivity contribution in [3.05, 3.63) is 65.3 Å². The van der Waals surface area contributed by atoms with Gasteiger partial charge >= 0.3 is 8.08 Å². The van der Waals surface area contributed by atoms with Gasteiger partial charge in [-0.2, -0.15) is 0 Å². The molecule has 2 aromatic carbocycles. The molecule has 0 radical (unpaired) electrons. The van der Waals surface area contributed by atoms with E-state index in [1.54, 1.807) is 0 Å². The molecule has 1 aliphatic heterocycles. The fourth-order valence-electron chi connectivity index (χ4n) is 5.60. The van der Waals surface area contributed by atoms with Crippen molar-refractivity contribution in [3.63, 3.8) is 0 Å². The maximum absolute atomic E-state index is 6.08. The second-order valence-electron chi connectivity index (χ2n) is 13.4. The minimum absolute atomic E-state index is 0.0108. The molecule has 3 nitrogen and oxygen atoms in total. The van der Waals surface area contributed by atoms with Crippen LogP contribution in [0.3, 0.4) is 0 Å². The molecule has 1 heterocycles. The van der Waals surface area contributed by atoms with Crippen molar-refractivity contribution in [2.24, 2.45) is 0 Å². The van der Waals surface area contributed by atoms with E-state index >= 15 is 0 Å². The molecule has 0 saturated heterocycles. The second kappa shape index (κ2) is 8.42. The Morgan fingerprint density at radius 3 is 1.39 bits per heavy atom. The summed E-state index contributed by atoms with van der Waals surface area (Å²) in [5.74, 6) is 0. The Labute approximate surface area is 206 Å². The van der Waals surface area contributed by atoms with Crippen LogP contribution < -0.4 is 10.6 Å². The quantitative estimate of drug-likeness (QED) is 0.303. The molecule has 3 rings (SSSR count). The van der Waals surface area contributed by atoms with Gasteiger partial charge in [-0.3, -0.25) is 0 Å². The molecule has 1 aliphatic rings. The van der Waals surface area contributed by atoms with Crippen LogP contribution in [0.1, 0.15) is 41.5 Å². The lowest BCUT2D eigenvalue weighted by atomic mass is 10.1. The first-order chi connectivity index (χ1) is 14.9. The number of hydrogen-bond acceptors (Lipinski definition) is 1. The summed E-state index contributed by atoms with van der Waals surface area (Å²) in [7, 11) is -7.89. The largest absolute Gasteiger partial charge is 0.597 e. The van der Waals surface area contributed by atoms with Crippen LogP contribution in [0.5, 0.6) is 0 Å². The van der Waals surface area contributed by atoms with Gasteiger partial charge in [-0.1, -0.05) is 83.9 Å². The average Bonchev–Trinajstić information content (AvgIpc) is 2.61. The topological polar surface area (TPSA) is 20.4 Å². The van der Waals surface area contributed by atoms with Gasteiger partial charge in [-0.05, 0) is 65.8 Å². The third kappa shape index (κ3) is 4.36. The van der Waals surface area contributed by atoms with Gasteiger partial charge in [0.2, 0.25) is 7.21 Å². The SMILES string of the molecule is CC(C)(C)N1[Si@@]([N-][Si](C)(C)C)([Si](C)(C)C)[N+](C(C)(C)C)=P1(c1ccccc1)c1ccccc1. The summed E-state index contributed by atoms with van der Waals surface area (Å²) in [5.41, 5.74) is 0.0216. The summed E-state index contributed by atoms with van der Waals surface area (Å²) in [4.78, 5) is 0. The van der Waals surface area contributed by atoms with E-state index in [-0.39, 0.29) is 11.1 Å². The highest BCUT2D eigenvalue weighted by molar-refractivity contribution is 7.83. The van der Waals surface area contributed by atoms with Crippen LogP contribution in [0, 0.1) is 0 Å². The van der Waals surface area contributed by atoms with Gasteiger partial charge in [-0.15, -0.1) is 0 Å². The maximum atomic E-state index is 6.08. The summed E-state index contributed by atoms with van der Waals surface area (Å²) in [5, 5.41) is 2.93. The lowest BCUT2D eigenvalue weighted by Gasteiger charge is -2.72. The third-order valence-electron chi connectivity index (χ3n) is 6.17. The zero-order valence-corrected chi connectivity index (χ0v) is 27.0. The Morgan fingerprint density at radius 1 is 0.727 bits per heavy atom. The van der Waals surface area contributed by atoms with E-state index in [0.717, 1.165) is 0 Å². The highest BCUT2D eigenvalue weighted by Gasteiger charge is 2.75. The molecule has 2 aromatic rings.